The van der Waals surface area contributed by atoms with Gasteiger partial charge in [-0.3, -0.25) is 4.90 Å². The van der Waals surface area contributed by atoms with Crippen LogP contribution in [-0.2, 0) is 0 Å². The summed E-state index contributed by atoms with van der Waals surface area (Å²) in [5.74, 6) is 0. The quantitative estimate of drug-likeness (QED) is 0.829. The Morgan fingerprint density at radius 1 is 1.17 bits per heavy atom. The van der Waals surface area contributed by atoms with E-state index in [-0.39, 0.29) is 12.6 Å². The highest BCUT2D eigenvalue weighted by atomic mass is 16.3. The average molecular weight is 249 g/mol. The lowest BCUT2D eigenvalue weighted by Crippen LogP contribution is -2.47. The molecule has 1 aromatic carbocycles. The third-order valence-electron chi connectivity index (χ3n) is 3.57. The molecule has 1 aromatic rings. The Bertz CT molecular complexity index is 356. The summed E-state index contributed by atoms with van der Waals surface area (Å²) in [5.41, 5.74) is 8.29. The number of aliphatic hydroxyl groups excluding tert-OH is 1. The van der Waals surface area contributed by atoms with Gasteiger partial charge in [0, 0.05) is 44.5 Å². The van der Waals surface area contributed by atoms with E-state index in [1.807, 2.05) is 6.92 Å². The second-order valence-corrected chi connectivity index (χ2v) is 4.93. The molecule has 4 nitrogen and oxygen atoms in total. The van der Waals surface area contributed by atoms with E-state index < -0.39 is 0 Å². The molecule has 1 fully saturated rings. The van der Waals surface area contributed by atoms with Crippen molar-refractivity contribution in [2.24, 2.45) is 5.73 Å². The van der Waals surface area contributed by atoms with Crippen LogP contribution in [0.2, 0.25) is 0 Å². The Kier molecular flexibility index (Phi) is 4.58. The van der Waals surface area contributed by atoms with Crippen LogP contribution in [0, 0.1) is 0 Å². The van der Waals surface area contributed by atoms with Gasteiger partial charge in [0.2, 0.25) is 0 Å². The minimum atomic E-state index is 0.0976. The SMILES string of the molecule is C[C@@H](N)c1ccc(N2CCN(CCO)CC2)cc1. The molecule has 0 aromatic heterocycles. The normalized spacial score (nSPS) is 18.9. The molecule has 0 amide bonds. The Hall–Kier alpha value is -1.10. The Morgan fingerprint density at radius 3 is 2.28 bits per heavy atom. The van der Waals surface area contributed by atoms with E-state index in [4.69, 9.17) is 10.8 Å². The first kappa shape index (κ1) is 13.3. The second kappa shape index (κ2) is 6.18. The van der Waals surface area contributed by atoms with Gasteiger partial charge >= 0.3 is 0 Å². The minimum Gasteiger partial charge on any atom is -0.395 e. The summed E-state index contributed by atoms with van der Waals surface area (Å²) < 4.78 is 0. The van der Waals surface area contributed by atoms with Crippen LogP contribution in [0.15, 0.2) is 24.3 Å². The first-order valence-corrected chi connectivity index (χ1v) is 6.64. The van der Waals surface area contributed by atoms with Gasteiger partial charge in [0.05, 0.1) is 6.61 Å². The summed E-state index contributed by atoms with van der Waals surface area (Å²) in [6.07, 6.45) is 0. The van der Waals surface area contributed by atoms with Crippen molar-refractivity contribution in [1.29, 1.82) is 0 Å². The lowest BCUT2D eigenvalue weighted by molar-refractivity contribution is 0.189. The first-order chi connectivity index (χ1) is 8.70. The third-order valence-corrected chi connectivity index (χ3v) is 3.57. The van der Waals surface area contributed by atoms with Crippen LogP contribution < -0.4 is 10.6 Å². The van der Waals surface area contributed by atoms with Crippen LogP contribution in [0.3, 0.4) is 0 Å². The zero-order valence-electron chi connectivity index (χ0n) is 11.0. The highest BCUT2D eigenvalue weighted by Gasteiger charge is 2.16. The van der Waals surface area contributed by atoms with Gasteiger partial charge in [-0.05, 0) is 24.6 Å². The van der Waals surface area contributed by atoms with E-state index in [9.17, 15) is 0 Å². The van der Waals surface area contributed by atoms with Crippen molar-refractivity contribution in [3.63, 3.8) is 0 Å². The number of anilines is 1. The maximum Gasteiger partial charge on any atom is 0.0558 e. The summed E-state index contributed by atoms with van der Waals surface area (Å²) in [7, 11) is 0. The summed E-state index contributed by atoms with van der Waals surface area (Å²) in [5, 5.41) is 8.92. The molecule has 0 unspecified atom stereocenters. The van der Waals surface area contributed by atoms with Crippen LogP contribution in [0.4, 0.5) is 5.69 Å². The van der Waals surface area contributed by atoms with Crippen LogP contribution in [0.25, 0.3) is 0 Å². The van der Waals surface area contributed by atoms with Crippen molar-refractivity contribution in [1.82, 2.24) is 4.90 Å². The van der Waals surface area contributed by atoms with Crippen LogP contribution in [0.1, 0.15) is 18.5 Å². The molecule has 0 aliphatic carbocycles. The van der Waals surface area contributed by atoms with Gasteiger partial charge in [-0.25, -0.2) is 0 Å². The second-order valence-electron chi connectivity index (χ2n) is 4.93. The Balaban J connectivity index is 1.93. The van der Waals surface area contributed by atoms with Crippen LogP contribution in [-0.4, -0.2) is 49.3 Å². The number of nitrogens with zero attached hydrogens (tertiary/aromatic N) is 2. The number of β-amino-alcohol motifs (C(OH)–C–C–N with tert-alkyl or cyclic N) is 1. The van der Waals surface area contributed by atoms with Crippen LogP contribution >= 0.6 is 0 Å². The van der Waals surface area contributed by atoms with Crippen molar-refractivity contribution in [2.45, 2.75) is 13.0 Å². The van der Waals surface area contributed by atoms with Crippen molar-refractivity contribution in [2.75, 3.05) is 44.2 Å². The van der Waals surface area contributed by atoms with Gasteiger partial charge in [0.15, 0.2) is 0 Å². The molecule has 0 radical (unpaired) electrons. The molecule has 0 saturated carbocycles. The number of nitrogens with two attached hydrogens (primary N) is 1. The molecule has 1 aliphatic rings. The molecule has 1 saturated heterocycles. The summed E-state index contributed by atoms with van der Waals surface area (Å²) in [4.78, 5) is 4.69. The molecular formula is C14H23N3O. The Labute approximate surface area is 109 Å². The number of aliphatic hydroxyl groups is 1. The first-order valence-electron chi connectivity index (χ1n) is 6.64. The van der Waals surface area contributed by atoms with Gasteiger partial charge in [0.1, 0.15) is 0 Å². The highest BCUT2D eigenvalue weighted by Crippen LogP contribution is 2.19. The summed E-state index contributed by atoms with van der Waals surface area (Å²) in [6.45, 7) is 7.14. The van der Waals surface area contributed by atoms with Gasteiger partial charge in [-0.15, -0.1) is 0 Å². The highest BCUT2D eigenvalue weighted by molar-refractivity contribution is 5.48. The molecule has 3 N–H and O–H groups in total. The molecule has 100 valence electrons. The average Bonchev–Trinajstić information content (AvgIpc) is 2.40. The van der Waals surface area contributed by atoms with Crippen molar-refractivity contribution in [3.8, 4) is 0 Å². The zero-order chi connectivity index (χ0) is 13.0. The van der Waals surface area contributed by atoms with Gasteiger partial charge in [-0.1, -0.05) is 12.1 Å². The number of rotatable bonds is 4. The summed E-state index contributed by atoms with van der Waals surface area (Å²) >= 11 is 0. The summed E-state index contributed by atoms with van der Waals surface area (Å²) in [6, 6.07) is 8.63. The lowest BCUT2D eigenvalue weighted by Gasteiger charge is -2.35. The van der Waals surface area contributed by atoms with E-state index in [2.05, 4.69) is 34.1 Å². The number of piperazine rings is 1. The van der Waals surface area contributed by atoms with Crippen LogP contribution in [0.5, 0.6) is 0 Å². The lowest BCUT2D eigenvalue weighted by atomic mass is 10.1. The van der Waals surface area contributed by atoms with E-state index in [0.29, 0.717) is 0 Å². The predicted octanol–water partition coefficient (Wildman–Crippen LogP) is 0.821. The van der Waals surface area contributed by atoms with Gasteiger partial charge in [0.25, 0.3) is 0 Å². The monoisotopic (exact) mass is 249 g/mol. The van der Waals surface area contributed by atoms with E-state index in [0.717, 1.165) is 32.7 Å². The molecule has 0 spiro atoms. The molecule has 4 heteroatoms. The molecule has 2 rings (SSSR count). The topological polar surface area (TPSA) is 52.7 Å². The third kappa shape index (κ3) is 3.22. The zero-order valence-corrected chi connectivity index (χ0v) is 11.0. The smallest absolute Gasteiger partial charge is 0.0558 e. The number of hydrogen-bond acceptors (Lipinski definition) is 4. The van der Waals surface area contributed by atoms with Crippen molar-refractivity contribution in [3.05, 3.63) is 29.8 Å². The van der Waals surface area contributed by atoms with E-state index in [1.165, 1.54) is 11.3 Å². The molecule has 0 bridgehead atoms. The van der Waals surface area contributed by atoms with Crippen molar-refractivity contribution < 1.29 is 5.11 Å². The predicted molar refractivity (Wildman–Crippen MR) is 74.8 cm³/mol. The van der Waals surface area contributed by atoms with Crippen molar-refractivity contribution >= 4 is 5.69 Å². The molecule has 1 heterocycles. The number of benzene rings is 1. The minimum absolute atomic E-state index is 0.0976. The maximum absolute atomic E-state index is 8.92. The molecule has 1 atom stereocenters. The molecular weight excluding hydrogens is 226 g/mol. The fraction of sp³-hybridized carbons (Fsp3) is 0.571. The molecule has 18 heavy (non-hydrogen) atoms. The van der Waals surface area contributed by atoms with E-state index >= 15 is 0 Å². The number of hydrogen-bond donors (Lipinski definition) is 2. The Morgan fingerprint density at radius 2 is 1.78 bits per heavy atom. The van der Waals surface area contributed by atoms with Gasteiger partial charge in [-0.2, -0.15) is 0 Å². The fourth-order valence-corrected chi connectivity index (χ4v) is 2.36. The molecule has 1 aliphatic heterocycles. The van der Waals surface area contributed by atoms with E-state index in [1.54, 1.807) is 0 Å². The van der Waals surface area contributed by atoms with Gasteiger partial charge < -0.3 is 15.7 Å². The maximum atomic E-state index is 8.92. The fourth-order valence-electron chi connectivity index (χ4n) is 2.36. The standard InChI is InChI=1S/C14H23N3O/c1-12(15)13-2-4-14(5-3-13)17-8-6-16(7-9-17)10-11-18/h2-5,12,18H,6-11,15H2,1H3/t12-/m1/s1. The largest absolute Gasteiger partial charge is 0.395 e.